The first kappa shape index (κ1) is 18.2. The summed E-state index contributed by atoms with van der Waals surface area (Å²) in [6.07, 6.45) is 3.89. The Labute approximate surface area is 154 Å². The van der Waals surface area contributed by atoms with Gasteiger partial charge in [-0.3, -0.25) is 9.59 Å². The topological polar surface area (TPSA) is 61.4 Å². The molecule has 1 aromatic carbocycles. The summed E-state index contributed by atoms with van der Waals surface area (Å²) in [6, 6.07) is 9.68. The number of rotatable bonds is 4. The Balaban J connectivity index is 0.00000182. The Kier molecular flexibility index (Phi) is 5.35. The average Bonchev–Trinajstić information content (AvgIpc) is 3.20. The lowest BCUT2D eigenvalue weighted by molar-refractivity contribution is -0.133. The molecule has 0 radical (unpaired) electrons. The molecule has 2 saturated heterocycles. The van der Waals surface area contributed by atoms with Crippen molar-refractivity contribution in [3.63, 3.8) is 0 Å². The number of halogens is 1. The number of likely N-dealkylation sites (tertiary alicyclic amines) is 1. The van der Waals surface area contributed by atoms with Crippen molar-refractivity contribution in [3.05, 3.63) is 35.9 Å². The first-order valence-electron chi connectivity index (χ1n) is 9.02. The Bertz CT molecular complexity index is 631. The summed E-state index contributed by atoms with van der Waals surface area (Å²) < 4.78 is 0. The quantitative estimate of drug-likeness (QED) is 0.856. The lowest BCUT2D eigenvalue weighted by Crippen LogP contribution is -2.43. The molecule has 3 fully saturated rings. The van der Waals surface area contributed by atoms with Crippen molar-refractivity contribution in [1.29, 1.82) is 0 Å². The summed E-state index contributed by atoms with van der Waals surface area (Å²) in [5.74, 6) is 0.277. The molecular weight excluding hydrogens is 338 g/mol. The molecule has 2 N–H and O–H groups in total. The molecule has 0 bridgehead atoms. The van der Waals surface area contributed by atoms with E-state index in [4.69, 9.17) is 0 Å². The molecule has 1 aromatic rings. The number of nitrogens with zero attached hydrogens (tertiary/aromatic N) is 1. The van der Waals surface area contributed by atoms with Crippen LogP contribution in [0.4, 0.5) is 0 Å². The van der Waals surface area contributed by atoms with Crippen molar-refractivity contribution in [2.45, 2.75) is 38.3 Å². The Morgan fingerprint density at radius 3 is 2.68 bits per heavy atom. The molecule has 2 unspecified atom stereocenters. The molecule has 3 aliphatic rings. The normalized spacial score (nSPS) is 27.0. The second-order valence-electron chi connectivity index (χ2n) is 7.46. The number of nitrogens with one attached hydrogen (secondary N) is 2. The minimum Gasteiger partial charge on any atom is -0.344 e. The lowest BCUT2D eigenvalue weighted by atomic mass is 9.91. The molecule has 2 amide bonds. The van der Waals surface area contributed by atoms with Gasteiger partial charge in [-0.25, -0.2) is 0 Å². The molecule has 6 heteroatoms. The van der Waals surface area contributed by atoms with Gasteiger partial charge in [0.05, 0.1) is 0 Å². The van der Waals surface area contributed by atoms with E-state index in [2.05, 4.69) is 10.6 Å². The molecule has 2 heterocycles. The molecule has 25 heavy (non-hydrogen) atoms. The van der Waals surface area contributed by atoms with Crippen LogP contribution < -0.4 is 10.6 Å². The van der Waals surface area contributed by atoms with Crippen LogP contribution in [0, 0.1) is 11.3 Å². The summed E-state index contributed by atoms with van der Waals surface area (Å²) in [7, 11) is 0. The maximum atomic E-state index is 12.6. The smallest absolute Gasteiger partial charge is 0.245 e. The van der Waals surface area contributed by atoms with Crippen molar-refractivity contribution in [1.82, 2.24) is 15.5 Å². The predicted octanol–water partition coefficient (Wildman–Crippen LogP) is 1.72. The molecule has 1 saturated carbocycles. The van der Waals surface area contributed by atoms with Gasteiger partial charge in [0.15, 0.2) is 0 Å². The van der Waals surface area contributed by atoms with Crippen LogP contribution in [0.3, 0.4) is 0 Å². The summed E-state index contributed by atoms with van der Waals surface area (Å²) in [4.78, 5) is 27.0. The third-order valence-corrected chi connectivity index (χ3v) is 5.94. The highest BCUT2D eigenvalue weighted by molar-refractivity contribution is 5.91. The molecule has 136 valence electrons. The van der Waals surface area contributed by atoms with Crippen LogP contribution in [0.25, 0.3) is 0 Å². The zero-order valence-electron chi connectivity index (χ0n) is 14.4. The molecule has 5 nitrogen and oxygen atoms in total. The second kappa shape index (κ2) is 7.34. The van der Waals surface area contributed by atoms with Crippen LogP contribution in [-0.4, -0.2) is 42.4 Å². The zero-order valence-corrected chi connectivity index (χ0v) is 15.2. The van der Waals surface area contributed by atoms with Gasteiger partial charge in [0.25, 0.3) is 0 Å². The van der Waals surface area contributed by atoms with Crippen molar-refractivity contribution >= 4 is 24.2 Å². The molecule has 2 aliphatic heterocycles. The largest absolute Gasteiger partial charge is 0.344 e. The van der Waals surface area contributed by atoms with E-state index in [0.717, 1.165) is 50.9 Å². The van der Waals surface area contributed by atoms with E-state index < -0.39 is 0 Å². The predicted molar refractivity (Wildman–Crippen MR) is 98.3 cm³/mol. The third kappa shape index (κ3) is 3.67. The van der Waals surface area contributed by atoms with Crippen molar-refractivity contribution in [2.24, 2.45) is 11.3 Å². The number of amides is 2. The van der Waals surface area contributed by atoms with Crippen LogP contribution in [-0.2, 0) is 16.1 Å². The molecule has 4 rings (SSSR count). The van der Waals surface area contributed by atoms with Crippen molar-refractivity contribution in [2.75, 3.05) is 19.6 Å². The number of carbonyl (C=O) groups excluding carboxylic acids is 2. The monoisotopic (exact) mass is 363 g/mol. The summed E-state index contributed by atoms with van der Waals surface area (Å²) in [5.41, 5.74) is 1.36. The average molecular weight is 364 g/mol. The van der Waals surface area contributed by atoms with Crippen LogP contribution in [0.2, 0.25) is 0 Å². The van der Waals surface area contributed by atoms with Crippen LogP contribution in [0.1, 0.15) is 31.2 Å². The molecule has 0 aromatic heterocycles. The van der Waals surface area contributed by atoms with Gasteiger partial charge in [-0.2, -0.15) is 0 Å². The minimum absolute atomic E-state index is 0. The highest BCUT2D eigenvalue weighted by Crippen LogP contribution is 2.58. The summed E-state index contributed by atoms with van der Waals surface area (Å²) in [6.45, 7) is 3.37. The number of benzene rings is 1. The van der Waals surface area contributed by atoms with Crippen LogP contribution in [0.15, 0.2) is 30.3 Å². The van der Waals surface area contributed by atoms with Gasteiger partial charge in [0.2, 0.25) is 11.8 Å². The van der Waals surface area contributed by atoms with E-state index in [0.29, 0.717) is 6.54 Å². The first-order chi connectivity index (χ1) is 11.7. The maximum absolute atomic E-state index is 12.6. The zero-order chi connectivity index (χ0) is 16.6. The van der Waals surface area contributed by atoms with Crippen molar-refractivity contribution in [3.8, 4) is 0 Å². The molecule has 2 atom stereocenters. The van der Waals surface area contributed by atoms with E-state index in [-0.39, 0.29) is 41.6 Å². The minimum atomic E-state index is -0.333. The highest BCUT2D eigenvalue weighted by atomic mass is 35.5. The fraction of sp³-hybridized carbons (Fsp3) is 0.579. The Morgan fingerprint density at radius 1 is 1.24 bits per heavy atom. The van der Waals surface area contributed by atoms with Crippen molar-refractivity contribution < 1.29 is 9.59 Å². The van der Waals surface area contributed by atoms with Gasteiger partial charge in [-0.1, -0.05) is 30.3 Å². The van der Waals surface area contributed by atoms with E-state index in [1.807, 2.05) is 35.2 Å². The van der Waals surface area contributed by atoms with E-state index >= 15 is 0 Å². The number of hydrogen-bond donors (Lipinski definition) is 2. The Hall–Kier alpha value is -1.59. The van der Waals surface area contributed by atoms with E-state index in [9.17, 15) is 9.59 Å². The van der Waals surface area contributed by atoms with Crippen LogP contribution in [0.5, 0.6) is 0 Å². The standard InChI is InChI=1S/C19H25N3O2.ClH/c23-17(15-12-19(15)7-9-20-10-8-19)21-16-6-11-22(18(16)24)13-14-4-2-1-3-5-14;/h1-5,15-16,20H,6-13H2,(H,21,23);1H. The maximum Gasteiger partial charge on any atom is 0.245 e. The number of carbonyl (C=O) groups is 2. The highest BCUT2D eigenvalue weighted by Gasteiger charge is 2.58. The Morgan fingerprint density at radius 2 is 1.96 bits per heavy atom. The summed E-state index contributed by atoms with van der Waals surface area (Å²) in [5, 5.41) is 6.38. The summed E-state index contributed by atoms with van der Waals surface area (Å²) >= 11 is 0. The van der Waals surface area contributed by atoms with Gasteiger partial charge in [-0.05, 0) is 49.8 Å². The first-order valence-corrected chi connectivity index (χ1v) is 9.02. The third-order valence-electron chi connectivity index (χ3n) is 5.94. The fourth-order valence-electron chi connectivity index (χ4n) is 4.30. The molecule has 1 spiro atoms. The van der Waals surface area contributed by atoms with E-state index in [1.54, 1.807) is 0 Å². The van der Waals surface area contributed by atoms with Gasteiger partial charge in [-0.15, -0.1) is 12.4 Å². The SMILES string of the molecule is Cl.O=C(NC1CCN(Cc2ccccc2)C1=O)C1CC12CCNCC2. The molecular formula is C19H26ClN3O2. The van der Waals surface area contributed by atoms with Crippen LogP contribution >= 0.6 is 12.4 Å². The van der Waals surface area contributed by atoms with Gasteiger partial charge >= 0.3 is 0 Å². The fourth-order valence-corrected chi connectivity index (χ4v) is 4.30. The van der Waals surface area contributed by atoms with E-state index in [1.165, 1.54) is 0 Å². The molecule has 1 aliphatic carbocycles. The van der Waals surface area contributed by atoms with Gasteiger partial charge < -0.3 is 15.5 Å². The van der Waals surface area contributed by atoms with Gasteiger partial charge in [0, 0.05) is 19.0 Å². The second-order valence-corrected chi connectivity index (χ2v) is 7.46. The van der Waals surface area contributed by atoms with Gasteiger partial charge in [0.1, 0.15) is 6.04 Å². The number of piperidine rings is 1. The lowest BCUT2D eigenvalue weighted by Gasteiger charge is -2.23. The number of hydrogen-bond acceptors (Lipinski definition) is 3.